The minimum Gasteiger partial charge on any atom is -0.453 e. The van der Waals surface area contributed by atoms with Crippen LogP contribution >= 0.6 is 23.4 Å². The van der Waals surface area contributed by atoms with E-state index in [0.29, 0.717) is 34.9 Å². The Balaban J connectivity index is 1.39. The molecule has 0 aliphatic heterocycles. The summed E-state index contributed by atoms with van der Waals surface area (Å²) in [6.45, 7) is 3.28. The maximum atomic E-state index is 12.2. The Morgan fingerprint density at radius 3 is 2.80 bits per heavy atom. The number of fused-ring (bicyclic) bond motifs is 1. The third kappa shape index (κ3) is 4.68. The van der Waals surface area contributed by atoms with Gasteiger partial charge in [0.05, 0.1) is 5.75 Å². The van der Waals surface area contributed by atoms with Crippen molar-refractivity contribution in [2.75, 3.05) is 12.3 Å². The number of rotatable bonds is 8. The summed E-state index contributed by atoms with van der Waals surface area (Å²) in [6, 6.07) is 17.5. The van der Waals surface area contributed by atoms with Crippen molar-refractivity contribution in [2.24, 2.45) is 0 Å². The van der Waals surface area contributed by atoms with Crippen molar-refractivity contribution in [3.63, 3.8) is 0 Å². The van der Waals surface area contributed by atoms with Gasteiger partial charge in [-0.15, -0.1) is 10.2 Å². The predicted octanol–water partition coefficient (Wildman–Crippen LogP) is 4.82. The molecule has 4 rings (SSSR count). The summed E-state index contributed by atoms with van der Waals surface area (Å²) in [5.41, 5.74) is 1.94. The Morgan fingerprint density at radius 2 is 2.00 bits per heavy atom. The van der Waals surface area contributed by atoms with E-state index in [-0.39, 0.29) is 11.7 Å². The molecule has 0 aliphatic carbocycles. The highest BCUT2D eigenvalue weighted by atomic mass is 35.5. The lowest BCUT2D eigenvalue weighted by atomic mass is 10.1. The van der Waals surface area contributed by atoms with Gasteiger partial charge in [-0.05, 0) is 43.2 Å². The molecular formula is C22H21ClN4O2S. The number of carbonyl (C=O) groups is 1. The first-order valence-electron chi connectivity index (χ1n) is 9.70. The third-order valence-corrected chi connectivity index (χ3v) is 5.84. The summed E-state index contributed by atoms with van der Waals surface area (Å²) in [5, 5.41) is 13.8. The lowest BCUT2D eigenvalue weighted by Gasteiger charge is -2.07. The minimum absolute atomic E-state index is 0.0264. The molecule has 30 heavy (non-hydrogen) atoms. The van der Waals surface area contributed by atoms with Gasteiger partial charge in [0.15, 0.2) is 10.9 Å². The molecule has 0 spiro atoms. The van der Waals surface area contributed by atoms with Gasteiger partial charge in [-0.25, -0.2) is 0 Å². The molecule has 8 heteroatoms. The number of amides is 1. The standard InChI is InChI=1S/C22H21ClN4O2S/c1-2-27-21(19-13-16-12-17(23)8-9-18(16)29-19)25-26-22(27)30-14-20(28)24-11-10-15-6-4-3-5-7-15/h3-9,12-13H,2,10-11,14H2,1H3,(H,24,28). The molecule has 1 amide bonds. The van der Waals surface area contributed by atoms with Gasteiger partial charge in [0.1, 0.15) is 5.58 Å². The van der Waals surface area contributed by atoms with Crippen molar-refractivity contribution in [1.29, 1.82) is 0 Å². The highest BCUT2D eigenvalue weighted by Crippen LogP contribution is 2.30. The number of nitrogens with one attached hydrogen (secondary N) is 1. The second-order valence-corrected chi connectivity index (χ2v) is 8.10. The predicted molar refractivity (Wildman–Crippen MR) is 120 cm³/mol. The van der Waals surface area contributed by atoms with Crippen LogP contribution in [0.15, 0.2) is 64.2 Å². The molecule has 4 aromatic rings. The van der Waals surface area contributed by atoms with E-state index in [0.717, 1.165) is 17.4 Å². The van der Waals surface area contributed by atoms with E-state index in [1.54, 1.807) is 6.07 Å². The molecule has 0 bridgehead atoms. The topological polar surface area (TPSA) is 73.0 Å². The zero-order valence-electron chi connectivity index (χ0n) is 16.5. The van der Waals surface area contributed by atoms with Gasteiger partial charge in [0.2, 0.25) is 11.7 Å². The molecule has 2 aromatic heterocycles. The van der Waals surface area contributed by atoms with Crippen LogP contribution in [0.25, 0.3) is 22.6 Å². The zero-order valence-corrected chi connectivity index (χ0v) is 18.0. The summed E-state index contributed by atoms with van der Waals surface area (Å²) in [6.07, 6.45) is 0.808. The summed E-state index contributed by atoms with van der Waals surface area (Å²) >= 11 is 7.43. The Kier molecular flexibility index (Phi) is 6.40. The highest BCUT2D eigenvalue weighted by molar-refractivity contribution is 7.99. The van der Waals surface area contributed by atoms with Crippen molar-refractivity contribution in [3.8, 4) is 11.6 Å². The molecule has 0 fully saturated rings. The van der Waals surface area contributed by atoms with E-state index in [1.165, 1.54) is 17.3 Å². The number of hydrogen-bond acceptors (Lipinski definition) is 5. The van der Waals surface area contributed by atoms with Gasteiger partial charge in [-0.1, -0.05) is 53.7 Å². The maximum absolute atomic E-state index is 12.2. The molecule has 0 saturated carbocycles. The van der Waals surface area contributed by atoms with Gasteiger partial charge in [-0.2, -0.15) is 0 Å². The molecule has 0 saturated heterocycles. The van der Waals surface area contributed by atoms with Gasteiger partial charge in [0, 0.05) is 23.5 Å². The van der Waals surface area contributed by atoms with Crippen molar-refractivity contribution in [2.45, 2.75) is 25.0 Å². The number of furan rings is 1. The van der Waals surface area contributed by atoms with Crippen LogP contribution in [0.1, 0.15) is 12.5 Å². The molecule has 6 nitrogen and oxygen atoms in total. The fourth-order valence-corrected chi connectivity index (χ4v) is 4.17. The van der Waals surface area contributed by atoms with Gasteiger partial charge >= 0.3 is 0 Å². The zero-order chi connectivity index (χ0) is 20.9. The molecule has 0 atom stereocenters. The van der Waals surface area contributed by atoms with Crippen LogP contribution in [0.2, 0.25) is 5.02 Å². The average Bonchev–Trinajstić information content (AvgIpc) is 3.36. The number of carbonyl (C=O) groups excluding carboxylic acids is 1. The van der Waals surface area contributed by atoms with Crippen LogP contribution in [0.4, 0.5) is 0 Å². The van der Waals surface area contributed by atoms with E-state index < -0.39 is 0 Å². The quantitative estimate of drug-likeness (QED) is 0.398. The second-order valence-electron chi connectivity index (χ2n) is 6.72. The fourth-order valence-electron chi connectivity index (χ4n) is 3.16. The largest absolute Gasteiger partial charge is 0.453 e. The van der Waals surface area contributed by atoms with Crippen LogP contribution in [0, 0.1) is 0 Å². The van der Waals surface area contributed by atoms with Crippen LogP contribution in [0.5, 0.6) is 0 Å². The van der Waals surface area contributed by atoms with Crippen molar-refractivity contribution in [1.82, 2.24) is 20.1 Å². The van der Waals surface area contributed by atoms with Crippen LogP contribution < -0.4 is 5.32 Å². The molecule has 0 radical (unpaired) electrons. The lowest BCUT2D eigenvalue weighted by Crippen LogP contribution is -2.27. The Labute approximate surface area is 183 Å². The number of thioether (sulfide) groups is 1. The van der Waals surface area contributed by atoms with Gasteiger partial charge < -0.3 is 9.73 Å². The van der Waals surface area contributed by atoms with Crippen LogP contribution in [-0.2, 0) is 17.8 Å². The molecule has 1 N–H and O–H groups in total. The minimum atomic E-state index is -0.0264. The number of nitrogens with zero attached hydrogens (tertiary/aromatic N) is 3. The number of hydrogen-bond donors (Lipinski definition) is 1. The smallest absolute Gasteiger partial charge is 0.230 e. The van der Waals surface area contributed by atoms with Crippen LogP contribution in [-0.4, -0.2) is 33.0 Å². The maximum Gasteiger partial charge on any atom is 0.230 e. The molecule has 0 unspecified atom stereocenters. The van der Waals surface area contributed by atoms with Crippen molar-refractivity contribution in [3.05, 3.63) is 65.2 Å². The van der Waals surface area contributed by atoms with Crippen molar-refractivity contribution < 1.29 is 9.21 Å². The van der Waals surface area contributed by atoms with Crippen LogP contribution in [0.3, 0.4) is 0 Å². The fraction of sp³-hybridized carbons (Fsp3) is 0.227. The third-order valence-electron chi connectivity index (χ3n) is 4.64. The van der Waals surface area contributed by atoms with E-state index in [9.17, 15) is 4.79 Å². The molecule has 2 heterocycles. The van der Waals surface area contributed by atoms with E-state index >= 15 is 0 Å². The van der Waals surface area contributed by atoms with Gasteiger partial charge in [0.25, 0.3) is 0 Å². The number of aromatic nitrogens is 3. The number of halogens is 1. The highest BCUT2D eigenvalue weighted by Gasteiger charge is 2.18. The monoisotopic (exact) mass is 440 g/mol. The first-order valence-corrected chi connectivity index (χ1v) is 11.1. The molecule has 154 valence electrons. The summed E-state index contributed by atoms with van der Waals surface area (Å²) in [4.78, 5) is 12.2. The Bertz CT molecular complexity index is 1160. The molecule has 0 aliphatic rings. The Hall–Kier alpha value is -2.77. The summed E-state index contributed by atoms with van der Waals surface area (Å²) in [5.74, 6) is 1.52. The normalized spacial score (nSPS) is 11.1. The second kappa shape index (κ2) is 9.36. The first kappa shape index (κ1) is 20.5. The average molecular weight is 441 g/mol. The van der Waals surface area contributed by atoms with E-state index in [1.807, 2.05) is 47.9 Å². The SMILES string of the molecule is CCn1c(SCC(=O)NCCc2ccccc2)nnc1-c1cc2cc(Cl)ccc2o1. The van der Waals surface area contributed by atoms with E-state index in [2.05, 4.69) is 27.6 Å². The number of benzene rings is 2. The lowest BCUT2D eigenvalue weighted by molar-refractivity contribution is -0.118. The van der Waals surface area contributed by atoms with E-state index in [4.69, 9.17) is 16.0 Å². The Morgan fingerprint density at radius 1 is 1.17 bits per heavy atom. The summed E-state index contributed by atoms with van der Waals surface area (Å²) < 4.78 is 7.86. The van der Waals surface area contributed by atoms with Gasteiger partial charge in [-0.3, -0.25) is 9.36 Å². The summed E-state index contributed by atoms with van der Waals surface area (Å²) in [7, 11) is 0. The van der Waals surface area contributed by atoms with Crippen molar-refractivity contribution >= 4 is 40.2 Å². The first-order chi connectivity index (χ1) is 14.6. The molecule has 2 aromatic carbocycles. The molecular weight excluding hydrogens is 420 g/mol.